The van der Waals surface area contributed by atoms with Crippen LogP contribution in [0.1, 0.15) is 43.7 Å². The summed E-state index contributed by atoms with van der Waals surface area (Å²) in [6.45, 7) is 2.78. The lowest BCUT2D eigenvalue weighted by Crippen LogP contribution is -2.49. The van der Waals surface area contributed by atoms with Crippen LogP contribution in [0, 0.1) is 28.4 Å². The molecule has 0 aliphatic carbocycles. The summed E-state index contributed by atoms with van der Waals surface area (Å²) in [5, 5.41) is 32.1. The number of nitriles is 1. The second-order valence-electron chi connectivity index (χ2n) is 10.4. The molecule has 0 bridgehead atoms. The first-order chi connectivity index (χ1) is 17.9. The number of aliphatic hydroxyl groups excluding tert-OH is 2. The molecule has 2 aliphatic heterocycles. The van der Waals surface area contributed by atoms with Crippen LogP contribution in [0.5, 0.6) is 0 Å². The molecule has 2 aromatic rings. The average molecular weight is 566 g/mol. The second kappa shape index (κ2) is 10.4. The summed E-state index contributed by atoms with van der Waals surface area (Å²) in [5.74, 6) is -4.18. The van der Waals surface area contributed by atoms with Gasteiger partial charge < -0.3 is 20.4 Å². The molecule has 2 aromatic carbocycles. The number of hydrogen-bond acceptors (Lipinski definition) is 5. The number of fused-ring (bicyclic) bond motifs is 1. The zero-order chi connectivity index (χ0) is 28.0. The minimum absolute atomic E-state index is 0.0171. The van der Waals surface area contributed by atoms with Crippen LogP contribution in [0.4, 0.5) is 8.78 Å². The van der Waals surface area contributed by atoms with E-state index in [0.29, 0.717) is 0 Å². The molecule has 2 fully saturated rings. The smallest absolute Gasteiger partial charge is 0.243 e. The Morgan fingerprint density at radius 2 is 2.00 bits per heavy atom. The number of hydrogen-bond donors (Lipinski definition) is 3. The van der Waals surface area contributed by atoms with Gasteiger partial charge in [0, 0.05) is 28.5 Å². The van der Waals surface area contributed by atoms with Gasteiger partial charge in [-0.05, 0) is 36.6 Å². The van der Waals surface area contributed by atoms with Crippen LogP contribution < -0.4 is 5.32 Å². The SMILES string of the molecule is CC1(C)C[C@@H]2N(C1=O)[C@@H](C(=O)NCC[C@H](O)CO)[C@H](c1cccc(Cl)c1F)[C@@]2(C#N)c1ccc(Cl)cc1F. The highest BCUT2D eigenvalue weighted by Crippen LogP contribution is 2.60. The number of benzene rings is 2. The van der Waals surface area contributed by atoms with Gasteiger partial charge in [-0.2, -0.15) is 5.26 Å². The Hall–Kier alpha value is -2.77. The highest BCUT2D eigenvalue weighted by Gasteiger charge is 2.70. The fourth-order valence-corrected chi connectivity index (χ4v) is 6.21. The summed E-state index contributed by atoms with van der Waals surface area (Å²) in [6.07, 6.45) is -0.961. The molecule has 38 heavy (non-hydrogen) atoms. The van der Waals surface area contributed by atoms with E-state index < -0.39 is 65.0 Å². The number of nitrogens with zero attached hydrogens (tertiary/aromatic N) is 2. The predicted octanol–water partition coefficient (Wildman–Crippen LogP) is 3.69. The van der Waals surface area contributed by atoms with Crippen LogP contribution in [0.2, 0.25) is 10.0 Å². The number of aliphatic hydroxyl groups is 2. The van der Waals surface area contributed by atoms with Gasteiger partial charge in [-0.15, -0.1) is 0 Å². The van der Waals surface area contributed by atoms with Crippen LogP contribution in [0.3, 0.4) is 0 Å². The summed E-state index contributed by atoms with van der Waals surface area (Å²) in [4.78, 5) is 28.7. The van der Waals surface area contributed by atoms with E-state index in [1.54, 1.807) is 13.8 Å². The van der Waals surface area contributed by atoms with Crippen LogP contribution in [-0.2, 0) is 15.0 Å². The molecule has 0 unspecified atom stereocenters. The summed E-state index contributed by atoms with van der Waals surface area (Å²) < 4.78 is 31.2. The number of amides is 2. The molecule has 11 heteroatoms. The van der Waals surface area contributed by atoms with Gasteiger partial charge in [-0.25, -0.2) is 8.78 Å². The number of rotatable bonds is 7. The van der Waals surface area contributed by atoms with Gasteiger partial charge in [-0.3, -0.25) is 9.59 Å². The first kappa shape index (κ1) is 28.2. The van der Waals surface area contributed by atoms with E-state index in [1.807, 2.05) is 0 Å². The summed E-state index contributed by atoms with van der Waals surface area (Å²) >= 11 is 12.1. The molecule has 0 saturated carbocycles. The first-order valence-electron chi connectivity index (χ1n) is 12.1. The molecule has 3 N–H and O–H groups in total. The first-order valence-corrected chi connectivity index (χ1v) is 12.9. The van der Waals surface area contributed by atoms with E-state index in [9.17, 15) is 20.0 Å². The van der Waals surface area contributed by atoms with E-state index >= 15 is 8.78 Å². The topological polar surface area (TPSA) is 114 Å². The Bertz CT molecular complexity index is 1320. The van der Waals surface area contributed by atoms with Crippen LogP contribution >= 0.6 is 23.2 Å². The maximum absolute atomic E-state index is 15.6. The molecule has 2 heterocycles. The molecule has 7 nitrogen and oxygen atoms in total. The normalized spacial score (nSPS) is 26.7. The summed E-state index contributed by atoms with van der Waals surface area (Å²) in [6, 6.07) is 7.75. The van der Waals surface area contributed by atoms with Gasteiger partial charge in [0.15, 0.2) is 0 Å². The lowest BCUT2D eigenvalue weighted by atomic mass is 9.63. The molecular formula is C27H27Cl2F2N3O4. The Kier molecular flexibility index (Phi) is 7.74. The van der Waals surface area contributed by atoms with Crippen molar-refractivity contribution in [2.75, 3.05) is 13.2 Å². The lowest BCUT2D eigenvalue weighted by molar-refractivity contribution is -0.141. The van der Waals surface area contributed by atoms with Gasteiger partial charge in [0.2, 0.25) is 11.8 Å². The van der Waals surface area contributed by atoms with Crippen molar-refractivity contribution in [2.24, 2.45) is 5.41 Å². The maximum Gasteiger partial charge on any atom is 0.243 e. The second-order valence-corrected chi connectivity index (χ2v) is 11.2. The van der Waals surface area contributed by atoms with Gasteiger partial charge in [0.05, 0.1) is 29.8 Å². The van der Waals surface area contributed by atoms with E-state index in [0.717, 1.165) is 6.07 Å². The number of halogens is 4. The maximum atomic E-state index is 15.6. The van der Waals surface area contributed by atoms with Crippen molar-refractivity contribution in [1.29, 1.82) is 5.26 Å². The lowest BCUT2D eigenvalue weighted by Gasteiger charge is -2.35. The molecule has 0 radical (unpaired) electrons. The fourth-order valence-electron chi connectivity index (χ4n) is 5.87. The molecular weight excluding hydrogens is 539 g/mol. The highest BCUT2D eigenvalue weighted by atomic mass is 35.5. The molecule has 5 atom stereocenters. The molecule has 0 spiro atoms. The van der Waals surface area contributed by atoms with Gasteiger partial charge in [-0.1, -0.05) is 55.2 Å². The monoisotopic (exact) mass is 565 g/mol. The zero-order valence-corrected chi connectivity index (χ0v) is 22.2. The van der Waals surface area contributed by atoms with E-state index in [1.165, 1.54) is 35.2 Å². The largest absolute Gasteiger partial charge is 0.394 e. The van der Waals surface area contributed by atoms with Gasteiger partial charge in [0.1, 0.15) is 23.1 Å². The standard InChI is InChI=1S/C27H27Cl2F2N3O4/c1-26(2)11-20-27(13-32,17-7-6-14(28)10-19(17)30)21(16-4-3-5-18(29)22(16)31)23(34(20)25(26)38)24(37)33-9-8-15(36)12-35/h3-7,10,15,20-21,23,35-36H,8-9,11-12H2,1-2H3,(H,33,37)/t15-,20-,21-,23+,27-/m0/s1. The predicted molar refractivity (Wildman–Crippen MR) is 136 cm³/mol. The number of carbonyl (C=O) groups is 2. The Morgan fingerprint density at radius 3 is 2.63 bits per heavy atom. The zero-order valence-electron chi connectivity index (χ0n) is 20.7. The third-order valence-corrected chi connectivity index (χ3v) is 8.15. The van der Waals surface area contributed by atoms with Crippen molar-refractivity contribution in [3.8, 4) is 6.07 Å². The highest BCUT2D eigenvalue weighted by molar-refractivity contribution is 6.31. The Morgan fingerprint density at radius 1 is 1.29 bits per heavy atom. The fraction of sp³-hybridized carbons (Fsp3) is 0.444. The van der Waals surface area contributed by atoms with Gasteiger partial charge >= 0.3 is 0 Å². The van der Waals surface area contributed by atoms with Crippen LogP contribution in [-0.4, -0.2) is 58.3 Å². The van der Waals surface area contributed by atoms with Crippen LogP contribution in [0.25, 0.3) is 0 Å². The van der Waals surface area contributed by atoms with Crippen molar-refractivity contribution in [1.82, 2.24) is 10.2 Å². The average Bonchev–Trinajstić information content (AvgIpc) is 3.27. The third-order valence-electron chi connectivity index (χ3n) is 7.62. The quantitative estimate of drug-likeness (QED) is 0.474. The van der Waals surface area contributed by atoms with E-state index in [4.69, 9.17) is 28.3 Å². The number of nitrogens with one attached hydrogen (secondary N) is 1. The Balaban J connectivity index is 1.98. The van der Waals surface area contributed by atoms with Crippen molar-refractivity contribution < 1.29 is 28.6 Å². The van der Waals surface area contributed by atoms with Crippen molar-refractivity contribution >= 4 is 35.0 Å². The Labute approximate surface area is 229 Å². The van der Waals surface area contributed by atoms with E-state index in [2.05, 4.69) is 11.4 Å². The van der Waals surface area contributed by atoms with Crippen LogP contribution in [0.15, 0.2) is 36.4 Å². The van der Waals surface area contributed by atoms with Crippen molar-refractivity contribution in [3.63, 3.8) is 0 Å². The minimum atomic E-state index is -1.88. The number of carbonyl (C=O) groups excluding carboxylic acids is 2. The molecule has 4 rings (SSSR count). The molecule has 2 saturated heterocycles. The van der Waals surface area contributed by atoms with Gasteiger partial charge in [0.25, 0.3) is 0 Å². The van der Waals surface area contributed by atoms with Crippen molar-refractivity contribution in [3.05, 3.63) is 69.2 Å². The molecule has 202 valence electrons. The van der Waals surface area contributed by atoms with Crippen molar-refractivity contribution in [2.45, 2.75) is 56.2 Å². The minimum Gasteiger partial charge on any atom is -0.394 e. The van der Waals surface area contributed by atoms with E-state index in [-0.39, 0.29) is 40.6 Å². The summed E-state index contributed by atoms with van der Waals surface area (Å²) in [7, 11) is 0. The molecule has 2 aliphatic rings. The summed E-state index contributed by atoms with van der Waals surface area (Å²) in [5.41, 5.74) is -3.08. The molecule has 0 aromatic heterocycles. The third kappa shape index (κ3) is 4.43. The molecule has 2 amide bonds.